The van der Waals surface area contributed by atoms with Gasteiger partial charge in [-0.15, -0.1) is 0 Å². The third kappa shape index (κ3) is 2.64. The molecule has 0 radical (unpaired) electrons. The van der Waals surface area contributed by atoms with Crippen LogP contribution in [0.5, 0.6) is 0 Å². The summed E-state index contributed by atoms with van der Waals surface area (Å²) in [6.07, 6.45) is 0. The van der Waals surface area contributed by atoms with Gasteiger partial charge in [0, 0.05) is 23.2 Å². The van der Waals surface area contributed by atoms with E-state index >= 15 is 0 Å². The number of hydrogen-bond donors (Lipinski definition) is 2. The Morgan fingerprint density at radius 2 is 2.00 bits per heavy atom. The number of aromatic amines is 1. The zero-order chi connectivity index (χ0) is 12.6. The Labute approximate surface area is 107 Å². The molecule has 0 saturated carbocycles. The molecular weight excluding hydrogens is 232 g/mol. The largest absolute Gasteiger partial charge is 0.357 e. The van der Waals surface area contributed by atoms with E-state index in [2.05, 4.69) is 44.1 Å². The average Bonchev–Trinajstić information content (AvgIpc) is 2.52. The molecule has 92 valence electrons. The number of rotatable bonds is 2. The maximum absolute atomic E-state index is 6.18. The quantitative estimate of drug-likeness (QED) is 0.828. The molecular formula is C14H19ClN2. The normalized spacial score (nSPS) is 12.3. The Hall–Kier alpha value is -0.990. The summed E-state index contributed by atoms with van der Waals surface area (Å²) < 4.78 is 0. The van der Waals surface area contributed by atoms with Crippen LogP contribution in [0.4, 0.5) is 0 Å². The van der Waals surface area contributed by atoms with E-state index in [0.717, 1.165) is 17.1 Å². The maximum Gasteiger partial charge on any atom is 0.0648 e. The Morgan fingerprint density at radius 3 is 2.65 bits per heavy atom. The second-order valence-corrected chi connectivity index (χ2v) is 5.90. The van der Waals surface area contributed by atoms with Crippen LogP contribution in [-0.2, 0) is 6.54 Å². The first-order valence-corrected chi connectivity index (χ1v) is 6.27. The van der Waals surface area contributed by atoms with E-state index in [9.17, 15) is 0 Å². The Morgan fingerprint density at radius 1 is 1.29 bits per heavy atom. The number of aryl methyl sites for hydroxylation is 1. The highest BCUT2D eigenvalue weighted by atomic mass is 35.5. The summed E-state index contributed by atoms with van der Waals surface area (Å²) in [6, 6.07) is 6.03. The maximum atomic E-state index is 6.18. The van der Waals surface area contributed by atoms with Crippen LogP contribution >= 0.6 is 11.6 Å². The van der Waals surface area contributed by atoms with Crippen LogP contribution in [0.2, 0.25) is 5.02 Å². The number of fused-ring (bicyclic) bond motifs is 1. The Bertz CT molecular complexity index is 535. The van der Waals surface area contributed by atoms with E-state index in [0.29, 0.717) is 0 Å². The molecule has 2 N–H and O–H groups in total. The van der Waals surface area contributed by atoms with Crippen molar-refractivity contribution in [1.82, 2.24) is 10.3 Å². The average molecular weight is 251 g/mol. The van der Waals surface area contributed by atoms with Gasteiger partial charge in [-0.1, -0.05) is 23.7 Å². The summed E-state index contributed by atoms with van der Waals surface area (Å²) in [5, 5.41) is 5.51. The first-order chi connectivity index (χ1) is 7.88. The van der Waals surface area contributed by atoms with Crippen molar-refractivity contribution >= 4 is 22.5 Å². The minimum absolute atomic E-state index is 0.120. The van der Waals surface area contributed by atoms with Crippen molar-refractivity contribution in [2.24, 2.45) is 0 Å². The van der Waals surface area contributed by atoms with Crippen LogP contribution in [0.25, 0.3) is 10.9 Å². The molecule has 0 atom stereocenters. The van der Waals surface area contributed by atoms with Crippen molar-refractivity contribution in [2.75, 3.05) is 0 Å². The molecule has 17 heavy (non-hydrogen) atoms. The predicted octanol–water partition coefficient (Wildman–Crippen LogP) is 4.02. The number of H-pyrrole nitrogens is 1. The zero-order valence-corrected chi connectivity index (χ0v) is 11.6. The summed E-state index contributed by atoms with van der Waals surface area (Å²) in [4.78, 5) is 3.36. The molecule has 2 rings (SSSR count). The van der Waals surface area contributed by atoms with Gasteiger partial charge in [0.05, 0.1) is 10.5 Å². The van der Waals surface area contributed by atoms with Gasteiger partial charge in [0.2, 0.25) is 0 Å². The van der Waals surface area contributed by atoms with Gasteiger partial charge in [-0.25, -0.2) is 0 Å². The van der Waals surface area contributed by atoms with E-state index < -0.39 is 0 Å². The molecule has 0 aliphatic heterocycles. The molecule has 0 bridgehead atoms. The van der Waals surface area contributed by atoms with E-state index in [-0.39, 0.29) is 5.54 Å². The highest BCUT2D eigenvalue weighted by Crippen LogP contribution is 2.28. The smallest absolute Gasteiger partial charge is 0.0648 e. The molecule has 0 aliphatic rings. The number of para-hydroxylation sites is 1. The van der Waals surface area contributed by atoms with Crippen LogP contribution in [-0.4, -0.2) is 10.5 Å². The lowest BCUT2D eigenvalue weighted by atomic mass is 10.1. The van der Waals surface area contributed by atoms with Crippen molar-refractivity contribution < 1.29 is 0 Å². The summed E-state index contributed by atoms with van der Waals surface area (Å²) in [7, 11) is 0. The molecule has 0 fully saturated rings. The fourth-order valence-corrected chi connectivity index (χ4v) is 2.17. The molecule has 0 aliphatic carbocycles. The third-order valence-corrected chi connectivity index (χ3v) is 3.21. The molecule has 1 heterocycles. The SMILES string of the molecule is Cc1[nH]c2c(Cl)cccc2c1CNC(C)(C)C. The molecule has 3 heteroatoms. The number of nitrogens with one attached hydrogen (secondary N) is 2. The van der Waals surface area contributed by atoms with Crippen molar-refractivity contribution in [3.8, 4) is 0 Å². The van der Waals surface area contributed by atoms with Crippen molar-refractivity contribution in [3.05, 3.63) is 34.5 Å². The first-order valence-electron chi connectivity index (χ1n) is 5.89. The van der Waals surface area contributed by atoms with Gasteiger partial charge in [-0.2, -0.15) is 0 Å². The molecule has 0 spiro atoms. The number of hydrogen-bond acceptors (Lipinski definition) is 1. The topological polar surface area (TPSA) is 27.8 Å². The second-order valence-electron chi connectivity index (χ2n) is 5.49. The van der Waals surface area contributed by atoms with E-state index in [1.165, 1.54) is 16.6 Å². The lowest BCUT2D eigenvalue weighted by Crippen LogP contribution is -2.35. The molecule has 0 amide bonds. The van der Waals surface area contributed by atoms with Gasteiger partial charge in [0.1, 0.15) is 0 Å². The van der Waals surface area contributed by atoms with Gasteiger partial charge in [-0.05, 0) is 39.3 Å². The minimum Gasteiger partial charge on any atom is -0.357 e. The minimum atomic E-state index is 0.120. The second kappa shape index (κ2) is 4.35. The monoisotopic (exact) mass is 250 g/mol. The third-order valence-electron chi connectivity index (χ3n) is 2.90. The molecule has 0 saturated heterocycles. The van der Waals surface area contributed by atoms with Gasteiger partial charge < -0.3 is 10.3 Å². The lowest BCUT2D eigenvalue weighted by molar-refractivity contribution is 0.424. The van der Waals surface area contributed by atoms with E-state index in [4.69, 9.17) is 11.6 Å². The van der Waals surface area contributed by atoms with Crippen LogP contribution in [0.1, 0.15) is 32.0 Å². The summed E-state index contributed by atoms with van der Waals surface area (Å²) in [5.41, 5.74) is 3.65. The number of benzene rings is 1. The fourth-order valence-electron chi connectivity index (χ4n) is 1.95. The van der Waals surface area contributed by atoms with Gasteiger partial charge in [0.15, 0.2) is 0 Å². The summed E-state index contributed by atoms with van der Waals surface area (Å²) >= 11 is 6.18. The zero-order valence-electron chi connectivity index (χ0n) is 10.8. The summed E-state index contributed by atoms with van der Waals surface area (Å²) in [6.45, 7) is 9.46. The highest BCUT2D eigenvalue weighted by molar-refractivity contribution is 6.35. The van der Waals surface area contributed by atoms with Crippen molar-refractivity contribution in [2.45, 2.75) is 39.8 Å². The number of aromatic nitrogens is 1. The Kier molecular flexibility index (Phi) is 3.19. The molecule has 1 aromatic heterocycles. The van der Waals surface area contributed by atoms with Crippen LogP contribution in [0.15, 0.2) is 18.2 Å². The lowest BCUT2D eigenvalue weighted by Gasteiger charge is -2.20. The highest BCUT2D eigenvalue weighted by Gasteiger charge is 2.13. The molecule has 2 nitrogen and oxygen atoms in total. The van der Waals surface area contributed by atoms with Gasteiger partial charge in [-0.3, -0.25) is 0 Å². The standard InChI is InChI=1S/C14H19ClN2/c1-9-11(8-16-14(2,3)4)10-6-5-7-12(15)13(10)17-9/h5-7,16-17H,8H2,1-4H3. The molecule has 2 aromatic rings. The van der Waals surface area contributed by atoms with Crippen LogP contribution in [0.3, 0.4) is 0 Å². The first kappa shape index (κ1) is 12.5. The molecule has 1 aromatic carbocycles. The van der Waals surface area contributed by atoms with E-state index in [1.807, 2.05) is 12.1 Å². The fraction of sp³-hybridized carbons (Fsp3) is 0.429. The number of halogens is 1. The molecule has 0 unspecified atom stereocenters. The Balaban J connectivity index is 2.40. The predicted molar refractivity (Wildman–Crippen MR) is 74.6 cm³/mol. The van der Waals surface area contributed by atoms with Crippen molar-refractivity contribution in [1.29, 1.82) is 0 Å². The van der Waals surface area contributed by atoms with E-state index in [1.54, 1.807) is 0 Å². The summed E-state index contributed by atoms with van der Waals surface area (Å²) in [5.74, 6) is 0. The van der Waals surface area contributed by atoms with Crippen LogP contribution in [0, 0.1) is 6.92 Å². The van der Waals surface area contributed by atoms with Gasteiger partial charge >= 0.3 is 0 Å². The van der Waals surface area contributed by atoms with Crippen molar-refractivity contribution in [3.63, 3.8) is 0 Å². The van der Waals surface area contributed by atoms with Crippen LogP contribution < -0.4 is 5.32 Å². The van der Waals surface area contributed by atoms with Gasteiger partial charge in [0.25, 0.3) is 0 Å².